The van der Waals surface area contributed by atoms with E-state index in [9.17, 15) is 0 Å². The van der Waals surface area contributed by atoms with Gasteiger partial charge in [-0.3, -0.25) is 0 Å². The average Bonchev–Trinajstić information content (AvgIpc) is 2.70. The van der Waals surface area contributed by atoms with Gasteiger partial charge in [0.05, 0.1) is 4.47 Å². The lowest BCUT2D eigenvalue weighted by Gasteiger charge is -2.19. The fourth-order valence-electron chi connectivity index (χ4n) is 1.92. The lowest BCUT2D eigenvalue weighted by Crippen LogP contribution is -2.22. The zero-order valence-corrected chi connectivity index (χ0v) is 10.4. The highest BCUT2D eigenvalue weighted by molar-refractivity contribution is 9.10. The highest BCUT2D eigenvalue weighted by Crippen LogP contribution is 2.30. The zero-order chi connectivity index (χ0) is 10.8. The van der Waals surface area contributed by atoms with Crippen LogP contribution in [0.5, 0.6) is 0 Å². The molecule has 1 aromatic rings. The van der Waals surface area contributed by atoms with Crippen LogP contribution in [0.3, 0.4) is 0 Å². The second kappa shape index (κ2) is 4.49. The summed E-state index contributed by atoms with van der Waals surface area (Å²) in [5.74, 6) is 1.41. The molecule has 1 N–H and O–H groups in total. The smallest absolute Gasteiger partial charge is 0.143 e. The number of nitrogens with zero attached hydrogens (tertiary/aromatic N) is 2. The van der Waals surface area contributed by atoms with Crippen LogP contribution in [0.4, 0.5) is 5.82 Å². The molecule has 82 valence electrons. The third kappa shape index (κ3) is 2.16. The van der Waals surface area contributed by atoms with Crippen molar-refractivity contribution in [3.05, 3.63) is 22.3 Å². The summed E-state index contributed by atoms with van der Waals surface area (Å²) in [6, 6.07) is 1.99. The van der Waals surface area contributed by atoms with Crippen LogP contribution in [0.1, 0.15) is 12.0 Å². The molecule has 1 unspecified atom stereocenters. The number of aliphatic hydroxyl groups is 1. The van der Waals surface area contributed by atoms with Gasteiger partial charge in [0, 0.05) is 31.8 Å². The van der Waals surface area contributed by atoms with E-state index in [2.05, 4.69) is 32.7 Å². The maximum atomic E-state index is 9.10. The Morgan fingerprint density at radius 3 is 3.13 bits per heavy atom. The average molecular weight is 271 g/mol. The molecular weight excluding hydrogens is 256 g/mol. The number of rotatable bonds is 2. The fraction of sp³-hybridized carbons (Fsp3) is 0.545. The molecule has 0 amide bonds. The van der Waals surface area contributed by atoms with E-state index in [0.717, 1.165) is 29.8 Å². The Bertz CT molecular complexity index is 356. The van der Waals surface area contributed by atoms with Crippen LogP contribution >= 0.6 is 15.9 Å². The Balaban J connectivity index is 2.20. The van der Waals surface area contributed by atoms with E-state index < -0.39 is 0 Å². The van der Waals surface area contributed by atoms with Gasteiger partial charge in [-0.05, 0) is 40.9 Å². The predicted octanol–water partition coefficient (Wildman–Crippen LogP) is 1.97. The summed E-state index contributed by atoms with van der Waals surface area (Å²) in [5, 5.41) is 9.10. The normalized spacial score (nSPS) is 21.0. The molecule has 0 bridgehead atoms. The minimum Gasteiger partial charge on any atom is -0.396 e. The van der Waals surface area contributed by atoms with Crippen molar-refractivity contribution in [3.63, 3.8) is 0 Å². The van der Waals surface area contributed by atoms with Gasteiger partial charge in [-0.1, -0.05) is 0 Å². The first-order valence-electron chi connectivity index (χ1n) is 5.19. The van der Waals surface area contributed by atoms with Crippen molar-refractivity contribution in [1.29, 1.82) is 0 Å². The second-order valence-electron chi connectivity index (χ2n) is 4.05. The Morgan fingerprint density at radius 2 is 2.47 bits per heavy atom. The van der Waals surface area contributed by atoms with Gasteiger partial charge in [-0.2, -0.15) is 0 Å². The van der Waals surface area contributed by atoms with E-state index in [1.807, 2.05) is 12.3 Å². The Kier molecular flexibility index (Phi) is 3.26. The second-order valence-corrected chi connectivity index (χ2v) is 4.84. The van der Waals surface area contributed by atoms with Crippen LogP contribution in [0.25, 0.3) is 0 Å². The summed E-state index contributed by atoms with van der Waals surface area (Å²) in [4.78, 5) is 6.62. The first kappa shape index (κ1) is 10.9. The maximum absolute atomic E-state index is 9.10. The molecule has 15 heavy (non-hydrogen) atoms. The van der Waals surface area contributed by atoms with Crippen LogP contribution < -0.4 is 4.90 Å². The van der Waals surface area contributed by atoms with Gasteiger partial charge in [0.2, 0.25) is 0 Å². The maximum Gasteiger partial charge on any atom is 0.143 e. The van der Waals surface area contributed by atoms with Gasteiger partial charge in [0.25, 0.3) is 0 Å². The van der Waals surface area contributed by atoms with Crippen molar-refractivity contribution in [3.8, 4) is 0 Å². The highest BCUT2D eigenvalue weighted by Gasteiger charge is 2.24. The van der Waals surface area contributed by atoms with Crippen molar-refractivity contribution in [2.75, 3.05) is 24.6 Å². The summed E-state index contributed by atoms with van der Waals surface area (Å²) in [6.45, 7) is 4.24. The number of aliphatic hydroxyl groups excluding tert-OH is 1. The number of hydrogen-bond donors (Lipinski definition) is 1. The summed E-state index contributed by atoms with van der Waals surface area (Å²) in [5.41, 5.74) is 1.20. The van der Waals surface area contributed by atoms with E-state index >= 15 is 0 Å². The number of aryl methyl sites for hydroxylation is 1. The van der Waals surface area contributed by atoms with Crippen molar-refractivity contribution in [2.24, 2.45) is 5.92 Å². The van der Waals surface area contributed by atoms with Crippen LogP contribution in [0, 0.1) is 12.8 Å². The van der Waals surface area contributed by atoms with Crippen LogP contribution in [0.15, 0.2) is 16.7 Å². The number of hydrogen-bond acceptors (Lipinski definition) is 3. The molecule has 1 aliphatic rings. The molecule has 0 saturated carbocycles. The molecule has 0 aliphatic carbocycles. The molecule has 4 heteroatoms. The zero-order valence-electron chi connectivity index (χ0n) is 8.78. The third-order valence-electron chi connectivity index (χ3n) is 2.91. The van der Waals surface area contributed by atoms with Crippen molar-refractivity contribution >= 4 is 21.7 Å². The van der Waals surface area contributed by atoms with Crippen molar-refractivity contribution in [2.45, 2.75) is 13.3 Å². The molecular formula is C11H15BrN2O. The predicted molar refractivity (Wildman–Crippen MR) is 64.1 cm³/mol. The molecule has 0 aromatic carbocycles. The van der Waals surface area contributed by atoms with Crippen molar-refractivity contribution in [1.82, 2.24) is 4.98 Å². The SMILES string of the molecule is Cc1ccnc(N2CCC(CO)C2)c1Br. The molecule has 3 nitrogen and oxygen atoms in total. The van der Waals surface area contributed by atoms with E-state index in [4.69, 9.17) is 5.11 Å². The Labute approximate surface area is 98.3 Å². The highest BCUT2D eigenvalue weighted by atomic mass is 79.9. The summed E-state index contributed by atoms with van der Waals surface area (Å²) < 4.78 is 1.07. The summed E-state index contributed by atoms with van der Waals surface area (Å²) >= 11 is 3.57. The first-order valence-corrected chi connectivity index (χ1v) is 5.98. The molecule has 2 heterocycles. The molecule has 1 aromatic heterocycles. The molecule has 2 rings (SSSR count). The van der Waals surface area contributed by atoms with Gasteiger partial charge in [0.1, 0.15) is 5.82 Å². The molecule has 1 fully saturated rings. The minimum absolute atomic E-state index is 0.278. The van der Waals surface area contributed by atoms with Crippen LogP contribution in [-0.4, -0.2) is 29.8 Å². The lowest BCUT2D eigenvalue weighted by molar-refractivity contribution is 0.238. The molecule has 1 atom stereocenters. The topological polar surface area (TPSA) is 36.4 Å². The molecule has 0 radical (unpaired) electrons. The quantitative estimate of drug-likeness (QED) is 0.893. The van der Waals surface area contributed by atoms with Gasteiger partial charge in [-0.15, -0.1) is 0 Å². The number of pyridine rings is 1. The van der Waals surface area contributed by atoms with E-state index in [0.29, 0.717) is 5.92 Å². The molecule has 1 aliphatic heterocycles. The third-order valence-corrected chi connectivity index (χ3v) is 3.89. The van der Waals surface area contributed by atoms with Gasteiger partial charge in [-0.25, -0.2) is 4.98 Å². The number of halogens is 1. The van der Waals surface area contributed by atoms with Crippen LogP contribution in [-0.2, 0) is 0 Å². The Hall–Kier alpha value is -0.610. The van der Waals surface area contributed by atoms with E-state index in [1.165, 1.54) is 5.56 Å². The minimum atomic E-state index is 0.278. The molecule has 0 spiro atoms. The monoisotopic (exact) mass is 270 g/mol. The Morgan fingerprint density at radius 1 is 1.67 bits per heavy atom. The summed E-state index contributed by atoms with van der Waals surface area (Å²) in [7, 11) is 0. The molecule has 1 saturated heterocycles. The fourth-order valence-corrected chi connectivity index (χ4v) is 2.41. The first-order chi connectivity index (χ1) is 7.22. The van der Waals surface area contributed by atoms with Gasteiger partial charge >= 0.3 is 0 Å². The summed E-state index contributed by atoms with van der Waals surface area (Å²) in [6.07, 6.45) is 2.89. The standard InChI is InChI=1S/C11H15BrN2O/c1-8-2-4-13-11(10(8)12)14-5-3-9(6-14)7-15/h2,4,9,15H,3,5-7H2,1H3. The lowest BCUT2D eigenvalue weighted by atomic mass is 10.1. The van der Waals surface area contributed by atoms with E-state index in [-0.39, 0.29) is 6.61 Å². The number of anilines is 1. The largest absolute Gasteiger partial charge is 0.396 e. The van der Waals surface area contributed by atoms with Gasteiger partial charge < -0.3 is 10.0 Å². The number of aromatic nitrogens is 1. The van der Waals surface area contributed by atoms with Gasteiger partial charge in [0.15, 0.2) is 0 Å². The van der Waals surface area contributed by atoms with Crippen molar-refractivity contribution < 1.29 is 5.11 Å². The van der Waals surface area contributed by atoms with Crippen LogP contribution in [0.2, 0.25) is 0 Å². The van der Waals surface area contributed by atoms with E-state index in [1.54, 1.807) is 0 Å².